The summed E-state index contributed by atoms with van der Waals surface area (Å²) in [4.78, 5) is 2.66. The second kappa shape index (κ2) is 4.19. The molecule has 0 saturated carbocycles. The summed E-state index contributed by atoms with van der Waals surface area (Å²) < 4.78 is 0. The van der Waals surface area contributed by atoms with Crippen LogP contribution in [0, 0.1) is 12.8 Å². The minimum Gasteiger partial charge on any atom is -0.315 e. The van der Waals surface area contributed by atoms with E-state index in [2.05, 4.69) is 41.4 Å². The van der Waals surface area contributed by atoms with E-state index in [1.165, 1.54) is 37.2 Å². The topological polar surface area (TPSA) is 15.3 Å². The monoisotopic (exact) mass is 216 g/mol. The van der Waals surface area contributed by atoms with Crippen LogP contribution in [0.1, 0.15) is 17.5 Å². The van der Waals surface area contributed by atoms with Gasteiger partial charge in [-0.2, -0.15) is 0 Å². The number of nitrogens with one attached hydrogen (secondary N) is 1. The van der Waals surface area contributed by atoms with Crippen molar-refractivity contribution in [3.63, 3.8) is 0 Å². The zero-order valence-electron chi connectivity index (χ0n) is 9.95. The van der Waals surface area contributed by atoms with E-state index in [1.807, 2.05) is 0 Å². The molecule has 2 saturated heterocycles. The molecule has 0 amide bonds. The zero-order chi connectivity index (χ0) is 11.0. The number of aryl methyl sites for hydroxylation is 1. The van der Waals surface area contributed by atoms with E-state index in [4.69, 9.17) is 0 Å². The minimum absolute atomic E-state index is 0.791. The number of hydrogen-bond donors (Lipinski definition) is 1. The molecule has 2 fully saturated rings. The van der Waals surface area contributed by atoms with Gasteiger partial charge in [0.05, 0.1) is 0 Å². The van der Waals surface area contributed by atoms with E-state index in [9.17, 15) is 0 Å². The Morgan fingerprint density at radius 2 is 2.19 bits per heavy atom. The highest BCUT2D eigenvalue weighted by Gasteiger charge is 2.37. The number of rotatable bonds is 2. The van der Waals surface area contributed by atoms with Crippen LogP contribution in [-0.4, -0.2) is 30.6 Å². The minimum atomic E-state index is 0.791. The Hall–Kier alpha value is -0.860. The lowest BCUT2D eigenvalue weighted by molar-refractivity contribution is 0.243. The lowest BCUT2D eigenvalue weighted by Gasteiger charge is -2.23. The molecule has 2 atom stereocenters. The molecule has 2 heterocycles. The third-order valence-corrected chi connectivity index (χ3v) is 4.19. The van der Waals surface area contributed by atoms with Gasteiger partial charge in [0.25, 0.3) is 0 Å². The fourth-order valence-corrected chi connectivity index (χ4v) is 3.14. The van der Waals surface area contributed by atoms with Gasteiger partial charge < -0.3 is 5.32 Å². The summed E-state index contributed by atoms with van der Waals surface area (Å²) in [6.07, 6.45) is 1.38. The molecule has 0 radical (unpaired) electrons. The molecule has 16 heavy (non-hydrogen) atoms. The van der Waals surface area contributed by atoms with Gasteiger partial charge in [0.2, 0.25) is 0 Å². The standard InChI is InChI=1S/C14H20N2/c1-11-4-2-3-5-13(11)10-16-7-6-12-8-15-9-14(12)16/h2-5,12,14-15H,6-10H2,1H3/t12-,14+/m0/s1. The molecule has 86 valence electrons. The summed E-state index contributed by atoms with van der Waals surface area (Å²) in [6, 6.07) is 9.56. The van der Waals surface area contributed by atoms with Crippen LogP contribution < -0.4 is 5.32 Å². The van der Waals surface area contributed by atoms with E-state index in [-0.39, 0.29) is 0 Å². The first kappa shape index (κ1) is 10.3. The second-order valence-electron chi connectivity index (χ2n) is 5.17. The van der Waals surface area contributed by atoms with Crippen molar-refractivity contribution in [3.8, 4) is 0 Å². The van der Waals surface area contributed by atoms with Gasteiger partial charge in [-0.3, -0.25) is 4.90 Å². The van der Waals surface area contributed by atoms with Crippen molar-refractivity contribution < 1.29 is 0 Å². The van der Waals surface area contributed by atoms with Gasteiger partial charge in [-0.25, -0.2) is 0 Å². The Kier molecular flexibility index (Phi) is 2.70. The highest BCUT2D eigenvalue weighted by Crippen LogP contribution is 2.28. The Balaban J connectivity index is 1.73. The van der Waals surface area contributed by atoms with Gasteiger partial charge in [-0.15, -0.1) is 0 Å². The largest absolute Gasteiger partial charge is 0.315 e. The van der Waals surface area contributed by atoms with Crippen molar-refractivity contribution in [1.29, 1.82) is 0 Å². The molecule has 2 heteroatoms. The van der Waals surface area contributed by atoms with Crippen LogP contribution >= 0.6 is 0 Å². The molecule has 0 unspecified atom stereocenters. The third kappa shape index (κ3) is 1.76. The lowest BCUT2D eigenvalue weighted by atomic mass is 10.0. The van der Waals surface area contributed by atoms with E-state index >= 15 is 0 Å². The van der Waals surface area contributed by atoms with Crippen LogP contribution in [0.5, 0.6) is 0 Å². The van der Waals surface area contributed by atoms with Gasteiger partial charge in [0, 0.05) is 19.1 Å². The second-order valence-corrected chi connectivity index (χ2v) is 5.17. The number of nitrogens with zero attached hydrogens (tertiary/aromatic N) is 1. The first-order chi connectivity index (χ1) is 7.84. The van der Waals surface area contributed by atoms with E-state index in [1.54, 1.807) is 0 Å². The van der Waals surface area contributed by atoms with Crippen LogP contribution in [-0.2, 0) is 6.54 Å². The number of likely N-dealkylation sites (tertiary alicyclic amines) is 1. The molecular weight excluding hydrogens is 196 g/mol. The fraction of sp³-hybridized carbons (Fsp3) is 0.571. The van der Waals surface area contributed by atoms with Gasteiger partial charge in [0.1, 0.15) is 0 Å². The van der Waals surface area contributed by atoms with E-state index in [0.717, 1.165) is 18.5 Å². The molecule has 1 aromatic carbocycles. The van der Waals surface area contributed by atoms with Gasteiger partial charge >= 0.3 is 0 Å². The van der Waals surface area contributed by atoms with E-state index in [0.29, 0.717) is 0 Å². The Morgan fingerprint density at radius 1 is 1.31 bits per heavy atom. The van der Waals surface area contributed by atoms with Crippen molar-refractivity contribution in [1.82, 2.24) is 10.2 Å². The van der Waals surface area contributed by atoms with Crippen LogP contribution in [0.2, 0.25) is 0 Å². The van der Waals surface area contributed by atoms with Gasteiger partial charge in [-0.1, -0.05) is 24.3 Å². The van der Waals surface area contributed by atoms with Gasteiger partial charge in [0.15, 0.2) is 0 Å². The predicted octanol–water partition coefficient (Wildman–Crippen LogP) is 1.79. The van der Waals surface area contributed by atoms with Crippen LogP contribution in [0.4, 0.5) is 0 Å². The fourth-order valence-electron chi connectivity index (χ4n) is 3.14. The molecule has 2 nitrogen and oxygen atoms in total. The first-order valence-corrected chi connectivity index (χ1v) is 6.34. The molecule has 0 bridgehead atoms. The number of benzene rings is 1. The normalized spacial score (nSPS) is 29.6. The van der Waals surface area contributed by atoms with Crippen molar-refractivity contribution in [2.24, 2.45) is 5.92 Å². The van der Waals surface area contributed by atoms with Crippen molar-refractivity contribution >= 4 is 0 Å². The number of fused-ring (bicyclic) bond motifs is 1. The molecule has 3 rings (SSSR count). The van der Waals surface area contributed by atoms with Gasteiger partial charge in [-0.05, 0) is 43.5 Å². The summed E-state index contributed by atoms with van der Waals surface area (Å²) in [5.74, 6) is 0.906. The molecule has 2 aliphatic heterocycles. The maximum Gasteiger partial charge on any atom is 0.0264 e. The van der Waals surface area contributed by atoms with Crippen LogP contribution in [0.25, 0.3) is 0 Å². The predicted molar refractivity (Wildman–Crippen MR) is 66.4 cm³/mol. The van der Waals surface area contributed by atoms with Crippen molar-refractivity contribution in [2.75, 3.05) is 19.6 Å². The molecule has 0 spiro atoms. The molecule has 1 N–H and O–H groups in total. The maximum absolute atomic E-state index is 3.51. The first-order valence-electron chi connectivity index (χ1n) is 6.34. The van der Waals surface area contributed by atoms with Crippen LogP contribution in [0.15, 0.2) is 24.3 Å². The highest BCUT2D eigenvalue weighted by atomic mass is 15.2. The number of hydrogen-bond acceptors (Lipinski definition) is 2. The molecular formula is C14H20N2. The Labute approximate surface area is 97.6 Å². The summed E-state index contributed by atoms with van der Waals surface area (Å²) in [5.41, 5.74) is 2.92. The Morgan fingerprint density at radius 3 is 3.06 bits per heavy atom. The summed E-state index contributed by atoms with van der Waals surface area (Å²) in [7, 11) is 0. The lowest BCUT2D eigenvalue weighted by Crippen LogP contribution is -2.33. The van der Waals surface area contributed by atoms with Crippen LogP contribution in [0.3, 0.4) is 0 Å². The molecule has 1 aromatic rings. The maximum atomic E-state index is 3.51. The quantitative estimate of drug-likeness (QED) is 0.811. The third-order valence-electron chi connectivity index (χ3n) is 4.19. The highest BCUT2D eigenvalue weighted by molar-refractivity contribution is 5.25. The molecule has 0 aliphatic carbocycles. The zero-order valence-corrected chi connectivity index (χ0v) is 9.95. The SMILES string of the molecule is Cc1ccccc1CN1CC[C@H]2CNC[C@H]21. The average Bonchev–Trinajstić information content (AvgIpc) is 2.86. The summed E-state index contributed by atoms with van der Waals surface area (Å²) in [5, 5.41) is 3.51. The summed E-state index contributed by atoms with van der Waals surface area (Å²) >= 11 is 0. The van der Waals surface area contributed by atoms with E-state index < -0.39 is 0 Å². The van der Waals surface area contributed by atoms with Crippen molar-refractivity contribution in [2.45, 2.75) is 25.9 Å². The molecule has 2 aliphatic rings. The summed E-state index contributed by atoms with van der Waals surface area (Å²) in [6.45, 7) is 7.06. The van der Waals surface area contributed by atoms with Crippen molar-refractivity contribution in [3.05, 3.63) is 35.4 Å². The Bertz CT molecular complexity index is 375. The average molecular weight is 216 g/mol. The smallest absolute Gasteiger partial charge is 0.0264 e. The molecule has 0 aromatic heterocycles.